The summed E-state index contributed by atoms with van der Waals surface area (Å²) in [6.45, 7) is 0. The summed E-state index contributed by atoms with van der Waals surface area (Å²) < 4.78 is 0. The van der Waals surface area contributed by atoms with Crippen LogP contribution in [0, 0.1) is 12.1 Å². The Labute approximate surface area is 68.9 Å². The SMILES string of the molecule is Clc1ncnc2c[c][c]cc12. The Hall–Kier alpha value is -1.15. The zero-order valence-corrected chi connectivity index (χ0v) is 6.26. The second kappa shape index (κ2) is 2.47. The highest BCUT2D eigenvalue weighted by atomic mass is 35.5. The lowest BCUT2D eigenvalue weighted by Gasteiger charge is -1.94. The van der Waals surface area contributed by atoms with Gasteiger partial charge in [-0.05, 0) is 24.3 Å². The molecule has 0 aliphatic rings. The highest BCUT2D eigenvalue weighted by Crippen LogP contribution is 2.16. The molecule has 0 saturated carbocycles. The van der Waals surface area contributed by atoms with Gasteiger partial charge in [0.2, 0.25) is 0 Å². The van der Waals surface area contributed by atoms with Gasteiger partial charge in [0.25, 0.3) is 0 Å². The third kappa shape index (κ3) is 1.05. The van der Waals surface area contributed by atoms with Crippen LogP contribution in [0.4, 0.5) is 0 Å². The van der Waals surface area contributed by atoms with E-state index in [1.54, 1.807) is 12.1 Å². The third-order valence-electron chi connectivity index (χ3n) is 1.37. The molecule has 1 aromatic heterocycles. The summed E-state index contributed by atoms with van der Waals surface area (Å²) in [4.78, 5) is 7.82. The second-order valence-corrected chi connectivity index (χ2v) is 2.40. The number of hydrogen-bond donors (Lipinski definition) is 0. The molecule has 0 bridgehead atoms. The van der Waals surface area contributed by atoms with E-state index in [0.29, 0.717) is 5.15 Å². The third-order valence-corrected chi connectivity index (χ3v) is 1.68. The molecule has 0 saturated heterocycles. The predicted octanol–water partition coefficient (Wildman–Crippen LogP) is 1.88. The van der Waals surface area contributed by atoms with Crippen LogP contribution in [-0.2, 0) is 0 Å². The molecule has 11 heavy (non-hydrogen) atoms. The average Bonchev–Trinajstić information content (AvgIpc) is 2.06. The van der Waals surface area contributed by atoms with Crippen LogP contribution < -0.4 is 0 Å². The maximum Gasteiger partial charge on any atom is 0.140 e. The lowest BCUT2D eigenvalue weighted by atomic mass is 10.2. The lowest BCUT2D eigenvalue weighted by molar-refractivity contribution is 1.22. The van der Waals surface area contributed by atoms with Crippen LogP contribution in [0.5, 0.6) is 0 Å². The van der Waals surface area contributed by atoms with E-state index in [0.717, 1.165) is 10.9 Å². The number of hydrogen-bond acceptors (Lipinski definition) is 2. The van der Waals surface area contributed by atoms with Gasteiger partial charge in [-0.25, -0.2) is 9.97 Å². The fourth-order valence-electron chi connectivity index (χ4n) is 0.859. The fourth-order valence-corrected chi connectivity index (χ4v) is 1.05. The standard InChI is InChI=1S/C8H3ClN2/c9-8-6-3-1-2-4-7(6)10-5-11-8/h3-5H. The van der Waals surface area contributed by atoms with E-state index in [-0.39, 0.29) is 0 Å². The summed E-state index contributed by atoms with van der Waals surface area (Å²) in [5.41, 5.74) is 0.795. The van der Waals surface area contributed by atoms with Crippen LogP contribution in [0.15, 0.2) is 18.5 Å². The van der Waals surface area contributed by atoms with Crippen molar-refractivity contribution in [3.05, 3.63) is 35.7 Å². The highest BCUT2D eigenvalue weighted by Gasteiger charge is 1.97. The topological polar surface area (TPSA) is 25.8 Å². The highest BCUT2D eigenvalue weighted by molar-refractivity contribution is 6.33. The van der Waals surface area contributed by atoms with E-state index >= 15 is 0 Å². The maximum atomic E-state index is 5.77. The number of rotatable bonds is 0. The number of nitrogens with zero attached hydrogens (tertiary/aromatic N) is 2. The van der Waals surface area contributed by atoms with Crippen molar-refractivity contribution in [3.8, 4) is 0 Å². The van der Waals surface area contributed by atoms with E-state index in [1.807, 2.05) is 0 Å². The van der Waals surface area contributed by atoms with Crippen molar-refractivity contribution < 1.29 is 0 Å². The fraction of sp³-hybridized carbons (Fsp3) is 0. The van der Waals surface area contributed by atoms with Gasteiger partial charge in [0.1, 0.15) is 11.5 Å². The molecule has 2 aromatic rings. The summed E-state index contributed by atoms with van der Waals surface area (Å²) in [5.74, 6) is 0. The van der Waals surface area contributed by atoms with E-state index in [2.05, 4.69) is 22.1 Å². The molecular formula is C8H3ClN2. The van der Waals surface area contributed by atoms with Crippen LogP contribution in [0.25, 0.3) is 10.9 Å². The minimum atomic E-state index is 0.459. The van der Waals surface area contributed by atoms with Crippen LogP contribution in [-0.4, -0.2) is 9.97 Å². The summed E-state index contributed by atoms with van der Waals surface area (Å²) in [5, 5.41) is 1.27. The molecule has 1 aromatic carbocycles. The van der Waals surface area contributed by atoms with Gasteiger partial charge in [0.05, 0.1) is 5.52 Å². The van der Waals surface area contributed by atoms with E-state index in [4.69, 9.17) is 11.6 Å². The van der Waals surface area contributed by atoms with Crippen molar-refractivity contribution in [1.82, 2.24) is 9.97 Å². The van der Waals surface area contributed by atoms with Crippen LogP contribution in [0.2, 0.25) is 5.15 Å². The van der Waals surface area contributed by atoms with Gasteiger partial charge in [-0.2, -0.15) is 0 Å². The van der Waals surface area contributed by atoms with Crippen LogP contribution >= 0.6 is 11.6 Å². The van der Waals surface area contributed by atoms with E-state index < -0.39 is 0 Å². The van der Waals surface area contributed by atoms with E-state index in [9.17, 15) is 0 Å². The molecule has 0 atom stereocenters. The molecule has 0 fully saturated rings. The molecule has 0 aliphatic heterocycles. The summed E-state index contributed by atoms with van der Waals surface area (Å²) in [6.07, 6.45) is 1.43. The largest absolute Gasteiger partial charge is 0.236 e. The van der Waals surface area contributed by atoms with Crippen molar-refractivity contribution in [1.29, 1.82) is 0 Å². The van der Waals surface area contributed by atoms with Gasteiger partial charge < -0.3 is 0 Å². The Kier molecular flexibility index (Phi) is 1.47. The molecule has 0 amide bonds. The van der Waals surface area contributed by atoms with Crippen molar-refractivity contribution in [2.24, 2.45) is 0 Å². The zero-order chi connectivity index (χ0) is 7.68. The molecule has 2 rings (SSSR count). The van der Waals surface area contributed by atoms with Gasteiger partial charge in [-0.1, -0.05) is 11.6 Å². The Bertz CT molecular complexity index is 381. The van der Waals surface area contributed by atoms with Gasteiger partial charge in [-0.3, -0.25) is 0 Å². The van der Waals surface area contributed by atoms with Crippen molar-refractivity contribution in [3.63, 3.8) is 0 Å². The Balaban J connectivity index is 2.91. The van der Waals surface area contributed by atoms with Crippen molar-refractivity contribution in [2.75, 3.05) is 0 Å². The quantitative estimate of drug-likeness (QED) is 0.553. The minimum absolute atomic E-state index is 0.459. The normalized spacial score (nSPS) is 10.3. The summed E-state index contributed by atoms with van der Waals surface area (Å²) in [7, 11) is 0. The Morgan fingerprint density at radius 3 is 2.82 bits per heavy atom. The molecule has 0 spiro atoms. The van der Waals surface area contributed by atoms with Gasteiger partial charge in [-0.15, -0.1) is 0 Å². The predicted molar refractivity (Wildman–Crippen MR) is 42.2 cm³/mol. The van der Waals surface area contributed by atoms with Crippen molar-refractivity contribution in [2.45, 2.75) is 0 Å². The zero-order valence-electron chi connectivity index (χ0n) is 5.50. The molecule has 2 radical (unpaired) electrons. The number of aromatic nitrogens is 2. The van der Waals surface area contributed by atoms with Gasteiger partial charge in [0, 0.05) is 5.39 Å². The molecule has 52 valence electrons. The first-order valence-corrected chi connectivity index (χ1v) is 3.44. The first-order valence-electron chi connectivity index (χ1n) is 3.06. The lowest BCUT2D eigenvalue weighted by Crippen LogP contribution is -1.81. The minimum Gasteiger partial charge on any atom is -0.236 e. The summed E-state index contributed by atoms with van der Waals surface area (Å²) in [6, 6.07) is 9.02. The number of fused-ring (bicyclic) bond motifs is 1. The number of halogens is 1. The number of benzene rings is 1. The molecule has 0 N–H and O–H groups in total. The molecular weight excluding hydrogens is 160 g/mol. The van der Waals surface area contributed by atoms with Gasteiger partial charge >= 0.3 is 0 Å². The monoisotopic (exact) mass is 162 g/mol. The smallest absolute Gasteiger partial charge is 0.140 e. The maximum absolute atomic E-state index is 5.77. The first-order chi connectivity index (χ1) is 5.38. The molecule has 0 aliphatic carbocycles. The Morgan fingerprint density at radius 1 is 1.18 bits per heavy atom. The second-order valence-electron chi connectivity index (χ2n) is 2.04. The molecule has 3 heteroatoms. The first kappa shape index (κ1) is 6.55. The summed E-state index contributed by atoms with van der Waals surface area (Å²) >= 11 is 5.77. The van der Waals surface area contributed by atoms with E-state index in [1.165, 1.54) is 6.33 Å². The molecule has 1 heterocycles. The molecule has 0 unspecified atom stereocenters. The van der Waals surface area contributed by atoms with Crippen LogP contribution in [0.1, 0.15) is 0 Å². The van der Waals surface area contributed by atoms with Crippen molar-refractivity contribution >= 4 is 22.5 Å². The molecule has 2 nitrogen and oxygen atoms in total. The van der Waals surface area contributed by atoms with Gasteiger partial charge in [0.15, 0.2) is 0 Å². The Morgan fingerprint density at radius 2 is 2.00 bits per heavy atom. The van der Waals surface area contributed by atoms with Crippen LogP contribution in [0.3, 0.4) is 0 Å². The average molecular weight is 163 g/mol.